The maximum absolute atomic E-state index is 5.42. The first kappa shape index (κ1) is 12.1. The largest absolute Gasteiger partial charge is 0.328 e. The molecule has 0 unspecified atom stereocenters. The van der Waals surface area contributed by atoms with Gasteiger partial charge in [-0.2, -0.15) is 5.10 Å². The number of nitrogens with zero attached hydrogens (tertiary/aromatic N) is 4. The number of fused-ring (bicyclic) bond motifs is 1. The zero-order valence-electron chi connectivity index (χ0n) is 11.1. The van der Waals surface area contributed by atoms with Crippen LogP contribution in [0.4, 0.5) is 0 Å². The SMILES string of the molecule is Cc1cnccc1Cn1c(=S)[nH]c2c(C)nn(C)c21. The maximum atomic E-state index is 5.42. The van der Waals surface area contributed by atoms with Crippen molar-refractivity contribution in [2.75, 3.05) is 0 Å². The molecule has 0 radical (unpaired) electrons. The van der Waals surface area contributed by atoms with Crippen molar-refractivity contribution in [3.05, 3.63) is 40.1 Å². The molecule has 0 aromatic carbocycles. The summed E-state index contributed by atoms with van der Waals surface area (Å²) in [5, 5.41) is 4.42. The van der Waals surface area contributed by atoms with E-state index in [9.17, 15) is 0 Å². The molecule has 0 saturated carbocycles. The molecule has 0 amide bonds. The van der Waals surface area contributed by atoms with Gasteiger partial charge >= 0.3 is 0 Å². The van der Waals surface area contributed by atoms with Gasteiger partial charge in [0.15, 0.2) is 10.4 Å². The molecule has 0 bridgehead atoms. The van der Waals surface area contributed by atoms with Crippen LogP contribution < -0.4 is 0 Å². The average molecular weight is 273 g/mol. The highest BCUT2D eigenvalue weighted by Gasteiger charge is 2.13. The van der Waals surface area contributed by atoms with Crippen LogP contribution in [0.15, 0.2) is 18.5 Å². The summed E-state index contributed by atoms with van der Waals surface area (Å²) in [6, 6.07) is 2.03. The molecule has 0 spiro atoms. The predicted molar refractivity (Wildman–Crippen MR) is 76.7 cm³/mol. The molecular formula is C13H15N5S. The van der Waals surface area contributed by atoms with Crippen LogP contribution in [0.2, 0.25) is 0 Å². The van der Waals surface area contributed by atoms with Gasteiger partial charge in [-0.05, 0) is 43.3 Å². The Morgan fingerprint density at radius 3 is 2.89 bits per heavy atom. The lowest BCUT2D eigenvalue weighted by atomic mass is 10.1. The highest BCUT2D eigenvalue weighted by Crippen LogP contribution is 2.19. The summed E-state index contributed by atoms with van der Waals surface area (Å²) in [7, 11) is 1.94. The number of hydrogen-bond donors (Lipinski definition) is 1. The Morgan fingerprint density at radius 2 is 2.16 bits per heavy atom. The third-order valence-electron chi connectivity index (χ3n) is 3.39. The molecule has 0 atom stereocenters. The maximum Gasteiger partial charge on any atom is 0.179 e. The first-order chi connectivity index (χ1) is 9.08. The second-order valence-electron chi connectivity index (χ2n) is 4.73. The molecule has 3 aromatic heterocycles. The second-order valence-corrected chi connectivity index (χ2v) is 5.11. The predicted octanol–water partition coefficient (Wildman–Crippen LogP) is 2.49. The minimum absolute atomic E-state index is 0.724. The van der Waals surface area contributed by atoms with E-state index in [2.05, 4.69) is 26.6 Å². The van der Waals surface area contributed by atoms with Gasteiger partial charge in [0.1, 0.15) is 5.52 Å². The van der Waals surface area contributed by atoms with Crippen LogP contribution in [-0.2, 0) is 13.6 Å². The van der Waals surface area contributed by atoms with Gasteiger partial charge in [0, 0.05) is 19.4 Å². The Labute approximate surface area is 115 Å². The lowest BCUT2D eigenvalue weighted by molar-refractivity contribution is 0.713. The van der Waals surface area contributed by atoms with E-state index < -0.39 is 0 Å². The Balaban J connectivity index is 2.18. The van der Waals surface area contributed by atoms with Crippen LogP contribution in [-0.4, -0.2) is 24.3 Å². The summed E-state index contributed by atoms with van der Waals surface area (Å²) in [4.78, 5) is 7.35. The highest BCUT2D eigenvalue weighted by atomic mass is 32.1. The summed E-state index contributed by atoms with van der Waals surface area (Å²) >= 11 is 5.42. The molecular weight excluding hydrogens is 258 g/mol. The number of aryl methyl sites for hydroxylation is 3. The molecule has 0 aliphatic heterocycles. The number of H-pyrrole nitrogens is 1. The van der Waals surface area contributed by atoms with E-state index in [1.54, 1.807) is 0 Å². The van der Waals surface area contributed by atoms with Gasteiger partial charge < -0.3 is 4.98 Å². The topological polar surface area (TPSA) is 51.4 Å². The monoisotopic (exact) mass is 273 g/mol. The van der Waals surface area contributed by atoms with Gasteiger partial charge in [-0.1, -0.05) is 0 Å². The average Bonchev–Trinajstić information content (AvgIpc) is 2.82. The van der Waals surface area contributed by atoms with Crippen LogP contribution in [0.5, 0.6) is 0 Å². The van der Waals surface area contributed by atoms with Crippen molar-refractivity contribution >= 4 is 23.4 Å². The summed E-state index contributed by atoms with van der Waals surface area (Å²) in [6.07, 6.45) is 3.68. The van der Waals surface area contributed by atoms with E-state index in [1.165, 1.54) is 5.56 Å². The van der Waals surface area contributed by atoms with Crippen LogP contribution in [0.3, 0.4) is 0 Å². The van der Waals surface area contributed by atoms with Gasteiger partial charge in [0.2, 0.25) is 0 Å². The summed E-state index contributed by atoms with van der Waals surface area (Å²) in [6.45, 7) is 4.77. The second kappa shape index (κ2) is 4.31. The van der Waals surface area contributed by atoms with Gasteiger partial charge in [-0.3, -0.25) is 14.2 Å². The molecule has 6 heteroatoms. The van der Waals surface area contributed by atoms with Crippen LogP contribution in [0.1, 0.15) is 16.8 Å². The Hall–Kier alpha value is -1.95. The van der Waals surface area contributed by atoms with Crippen LogP contribution >= 0.6 is 12.2 Å². The fourth-order valence-electron chi connectivity index (χ4n) is 2.37. The summed E-state index contributed by atoms with van der Waals surface area (Å²) in [5.74, 6) is 0. The van der Waals surface area contributed by atoms with Crippen molar-refractivity contribution < 1.29 is 0 Å². The zero-order valence-corrected chi connectivity index (χ0v) is 12.0. The molecule has 0 aliphatic carbocycles. The van der Waals surface area contributed by atoms with E-state index in [0.717, 1.165) is 33.7 Å². The van der Waals surface area contributed by atoms with Crippen LogP contribution in [0, 0.1) is 18.6 Å². The van der Waals surface area contributed by atoms with Crippen molar-refractivity contribution in [2.45, 2.75) is 20.4 Å². The molecule has 0 fully saturated rings. The lowest BCUT2D eigenvalue weighted by Gasteiger charge is -2.07. The van der Waals surface area contributed by atoms with E-state index in [-0.39, 0.29) is 0 Å². The van der Waals surface area contributed by atoms with Crippen LogP contribution in [0.25, 0.3) is 11.2 Å². The normalized spacial score (nSPS) is 11.3. The number of rotatable bonds is 2. The first-order valence-corrected chi connectivity index (χ1v) is 6.50. The van der Waals surface area contributed by atoms with Crippen molar-refractivity contribution in [1.82, 2.24) is 24.3 Å². The highest BCUT2D eigenvalue weighted by molar-refractivity contribution is 7.71. The molecule has 3 heterocycles. The Morgan fingerprint density at radius 1 is 1.37 bits per heavy atom. The van der Waals surface area contributed by atoms with Crippen molar-refractivity contribution in [3.8, 4) is 0 Å². The molecule has 0 saturated heterocycles. The smallest absolute Gasteiger partial charge is 0.179 e. The molecule has 98 valence electrons. The van der Waals surface area contributed by atoms with E-state index in [0.29, 0.717) is 0 Å². The number of aromatic amines is 1. The third-order valence-corrected chi connectivity index (χ3v) is 3.71. The molecule has 0 aliphatic rings. The summed E-state index contributed by atoms with van der Waals surface area (Å²) < 4.78 is 4.67. The fourth-order valence-corrected chi connectivity index (χ4v) is 2.62. The number of aromatic nitrogens is 5. The molecule has 1 N–H and O–H groups in total. The molecule has 5 nitrogen and oxygen atoms in total. The fraction of sp³-hybridized carbons (Fsp3) is 0.308. The van der Waals surface area contributed by atoms with E-state index in [4.69, 9.17) is 12.2 Å². The van der Waals surface area contributed by atoms with Gasteiger partial charge in [-0.15, -0.1) is 0 Å². The minimum atomic E-state index is 0.724. The molecule has 19 heavy (non-hydrogen) atoms. The number of pyridine rings is 1. The standard InChI is InChI=1S/C13H15N5S/c1-8-6-14-5-4-10(8)7-18-12-11(15-13(18)19)9(2)16-17(12)3/h4-6H,7H2,1-3H3,(H,15,19). The third kappa shape index (κ3) is 1.88. The minimum Gasteiger partial charge on any atom is -0.328 e. The van der Waals surface area contributed by atoms with Crippen molar-refractivity contribution in [1.29, 1.82) is 0 Å². The number of hydrogen-bond acceptors (Lipinski definition) is 3. The summed E-state index contributed by atoms with van der Waals surface area (Å²) in [5.41, 5.74) is 5.38. The van der Waals surface area contributed by atoms with Crippen molar-refractivity contribution in [2.24, 2.45) is 7.05 Å². The Kier molecular flexibility index (Phi) is 2.74. The molecule has 3 aromatic rings. The zero-order chi connectivity index (χ0) is 13.6. The van der Waals surface area contributed by atoms with E-state index in [1.807, 2.05) is 37.1 Å². The van der Waals surface area contributed by atoms with Crippen molar-refractivity contribution in [3.63, 3.8) is 0 Å². The number of nitrogens with one attached hydrogen (secondary N) is 1. The number of imidazole rings is 1. The quantitative estimate of drug-likeness (QED) is 0.730. The Bertz CT molecular complexity index is 808. The van der Waals surface area contributed by atoms with Gasteiger partial charge in [0.05, 0.1) is 12.2 Å². The van der Waals surface area contributed by atoms with Gasteiger partial charge in [-0.25, -0.2) is 0 Å². The first-order valence-electron chi connectivity index (χ1n) is 6.09. The van der Waals surface area contributed by atoms with E-state index >= 15 is 0 Å². The lowest BCUT2D eigenvalue weighted by Crippen LogP contribution is -2.05. The van der Waals surface area contributed by atoms with Gasteiger partial charge in [0.25, 0.3) is 0 Å². The molecule has 3 rings (SSSR count).